The zero-order chi connectivity index (χ0) is 22.1. The minimum atomic E-state index is -0.382. The summed E-state index contributed by atoms with van der Waals surface area (Å²) in [6.45, 7) is 7.72. The Morgan fingerprint density at radius 1 is 1.19 bits per heavy atom. The molecule has 0 fully saturated rings. The van der Waals surface area contributed by atoms with Crippen LogP contribution in [0.1, 0.15) is 47.2 Å². The number of aromatic nitrogens is 2. The minimum Gasteiger partial charge on any atom is -0.488 e. The second-order valence-electron chi connectivity index (χ2n) is 8.16. The lowest BCUT2D eigenvalue weighted by Crippen LogP contribution is -2.38. The fourth-order valence-electron chi connectivity index (χ4n) is 4.16. The van der Waals surface area contributed by atoms with Gasteiger partial charge >= 0.3 is 0 Å². The molecule has 3 aromatic rings. The molecule has 2 heterocycles. The van der Waals surface area contributed by atoms with Crippen LogP contribution in [0.3, 0.4) is 0 Å². The van der Waals surface area contributed by atoms with Crippen molar-refractivity contribution >= 4 is 11.7 Å². The van der Waals surface area contributed by atoms with Crippen molar-refractivity contribution in [3.05, 3.63) is 71.0 Å². The largest absolute Gasteiger partial charge is 0.488 e. The van der Waals surface area contributed by atoms with E-state index in [1.54, 1.807) is 11.6 Å². The van der Waals surface area contributed by atoms with E-state index in [0.717, 1.165) is 33.8 Å². The van der Waals surface area contributed by atoms with E-state index >= 15 is 0 Å². The third kappa shape index (κ3) is 4.24. The van der Waals surface area contributed by atoms with Crippen LogP contribution in [0.2, 0.25) is 0 Å². The Bertz CT molecular complexity index is 1150. The van der Waals surface area contributed by atoms with E-state index in [9.17, 15) is 9.59 Å². The third-order valence-corrected chi connectivity index (χ3v) is 5.71. The van der Waals surface area contributed by atoms with E-state index in [1.165, 1.54) is 0 Å². The Hall–Kier alpha value is -3.41. The van der Waals surface area contributed by atoms with Crippen LogP contribution >= 0.6 is 0 Å². The molecular weight excluding hydrogens is 390 g/mol. The summed E-state index contributed by atoms with van der Waals surface area (Å²) in [6.07, 6.45) is 0.588. The number of nitrogens with one attached hydrogen (secondary N) is 1. The van der Waals surface area contributed by atoms with E-state index in [-0.39, 0.29) is 23.8 Å². The molecule has 1 aromatic heterocycles. The molecule has 1 N–H and O–H groups in total. The number of carbonyl (C=O) groups is 2. The fourth-order valence-corrected chi connectivity index (χ4v) is 4.16. The van der Waals surface area contributed by atoms with Gasteiger partial charge in [0.25, 0.3) is 0 Å². The van der Waals surface area contributed by atoms with Gasteiger partial charge in [-0.2, -0.15) is 5.10 Å². The highest BCUT2D eigenvalue weighted by molar-refractivity contribution is 6.00. The normalized spacial score (nSPS) is 15.8. The van der Waals surface area contributed by atoms with E-state index in [4.69, 9.17) is 4.74 Å². The number of Topliss-reactive ketones (excluding diaryl/α,β-unsaturated/α-hetero) is 1. The molecule has 0 unspecified atom stereocenters. The first kappa shape index (κ1) is 20.8. The Labute approximate surface area is 182 Å². The molecule has 6 nitrogen and oxygen atoms in total. The number of nitrogens with zero attached hydrogens (tertiary/aromatic N) is 2. The number of benzene rings is 2. The molecule has 0 saturated heterocycles. The predicted molar refractivity (Wildman–Crippen MR) is 119 cm³/mol. The highest BCUT2D eigenvalue weighted by Crippen LogP contribution is 2.34. The Morgan fingerprint density at radius 2 is 1.97 bits per heavy atom. The molecule has 0 aliphatic carbocycles. The number of rotatable bonds is 6. The van der Waals surface area contributed by atoms with Crippen LogP contribution in [-0.4, -0.2) is 34.1 Å². The average molecular weight is 418 g/mol. The van der Waals surface area contributed by atoms with Crippen molar-refractivity contribution in [2.24, 2.45) is 0 Å². The maximum atomic E-state index is 12.6. The van der Waals surface area contributed by atoms with Crippen LogP contribution in [0.25, 0.3) is 11.1 Å². The van der Waals surface area contributed by atoms with E-state index in [2.05, 4.69) is 16.5 Å². The highest BCUT2D eigenvalue weighted by Gasteiger charge is 2.25. The van der Waals surface area contributed by atoms with Gasteiger partial charge in [0.2, 0.25) is 5.91 Å². The van der Waals surface area contributed by atoms with Gasteiger partial charge in [-0.1, -0.05) is 30.3 Å². The summed E-state index contributed by atoms with van der Waals surface area (Å²) in [4.78, 5) is 24.6. The summed E-state index contributed by atoms with van der Waals surface area (Å²) >= 11 is 0. The number of aryl methyl sites for hydroxylation is 2. The van der Waals surface area contributed by atoms with Gasteiger partial charge in [0.15, 0.2) is 5.78 Å². The smallest absolute Gasteiger partial charge is 0.244 e. The molecule has 160 valence electrons. The molecule has 1 aliphatic rings. The fraction of sp³-hybridized carbons (Fsp3) is 0.320. The van der Waals surface area contributed by atoms with Gasteiger partial charge in [-0.05, 0) is 62.6 Å². The highest BCUT2D eigenvalue weighted by atomic mass is 16.5. The van der Waals surface area contributed by atoms with Crippen molar-refractivity contribution in [2.45, 2.75) is 46.3 Å². The molecule has 4 rings (SSSR count). The standard InChI is InChI=1S/C25H27N3O3/c1-15-11-16(2)28(27-15)17(3)25(30)26-14-21-13-20-12-19(9-10-24(20)31-21)23-8-6-5-7-22(23)18(4)29/h5-12,17,21H,13-14H2,1-4H3,(H,26,30)/t17-,21+/m0/s1. The van der Waals surface area contributed by atoms with Gasteiger partial charge in [0.05, 0.1) is 12.2 Å². The van der Waals surface area contributed by atoms with Gasteiger partial charge in [-0.15, -0.1) is 0 Å². The van der Waals surface area contributed by atoms with Gasteiger partial charge in [-0.3, -0.25) is 14.3 Å². The quantitative estimate of drug-likeness (QED) is 0.614. The van der Waals surface area contributed by atoms with Crippen molar-refractivity contribution in [3.63, 3.8) is 0 Å². The summed E-state index contributed by atoms with van der Waals surface area (Å²) < 4.78 is 7.78. The lowest BCUT2D eigenvalue weighted by atomic mass is 9.95. The number of hydrogen-bond donors (Lipinski definition) is 1. The summed E-state index contributed by atoms with van der Waals surface area (Å²) in [5.41, 5.74) is 5.58. The first-order valence-electron chi connectivity index (χ1n) is 10.5. The monoisotopic (exact) mass is 417 g/mol. The minimum absolute atomic E-state index is 0.0460. The second-order valence-corrected chi connectivity index (χ2v) is 8.16. The average Bonchev–Trinajstić information content (AvgIpc) is 3.32. The molecule has 2 atom stereocenters. The Balaban J connectivity index is 1.42. The molecule has 0 spiro atoms. The van der Waals surface area contributed by atoms with Gasteiger partial charge in [0, 0.05) is 17.7 Å². The number of ketones is 1. The molecule has 0 bridgehead atoms. The SMILES string of the molecule is CC(=O)c1ccccc1-c1ccc2c(c1)C[C@H](CNC(=O)[C@H](C)n1nc(C)cc1C)O2. The van der Waals surface area contributed by atoms with Crippen molar-refractivity contribution in [1.82, 2.24) is 15.1 Å². The molecular formula is C25H27N3O3. The lowest BCUT2D eigenvalue weighted by Gasteiger charge is -2.17. The number of hydrogen-bond acceptors (Lipinski definition) is 4. The van der Waals surface area contributed by atoms with Crippen LogP contribution in [0.5, 0.6) is 5.75 Å². The summed E-state index contributed by atoms with van der Waals surface area (Å²) in [5, 5.41) is 7.40. The maximum absolute atomic E-state index is 12.6. The topological polar surface area (TPSA) is 73.2 Å². The summed E-state index contributed by atoms with van der Waals surface area (Å²) in [5.74, 6) is 0.793. The zero-order valence-electron chi connectivity index (χ0n) is 18.3. The summed E-state index contributed by atoms with van der Waals surface area (Å²) in [6, 6.07) is 15.2. The molecule has 2 aromatic carbocycles. The molecule has 0 radical (unpaired) electrons. The van der Waals surface area contributed by atoms with Crippen molar-refractivity contribution in [3.8, 4) is 16.9 Å². The van der Waals surface area contributed by atoms with Crippen LogP contribution in [-0.2, 0) is 11.2 Å². The van der Waals surface area contributed by atoms with Gasteiger partial charge < -0.3 is 10.1 Å². The number of amides is 1. The Morgan fingerprint density at radius 3 is 2.68 bits per heavy atom. The van der Waals surface area contributed by atoms with Crippen LogP contribution in [0.15, 0.2) is 48.5 Å². The second kappa shape index (κ2) is 8.38. The van der Waals surface area contributed by atoms with Crippen molar-refractivity contribution in [1.29, 1.82) is 0 Å². The van der Waals surface area contributed by atoms with Gasteiger partial charge in [0.1, 0.15) is 17.9 Å². The van der Waals surface area contributed by atoms with Crippen molar-refractivity contribution < 1.29 is 14.3 Å². The molecule has 1 aliphatic heterocycles. The number of carbonyl (C=O) groups excluding carboxylic acids is 2. The van der Waals surface area contributed by atoms with Crippen LogP contribution in [0, 0.1) is 13.8 Å². The first-order valence-corrected chi connectivity index (χ1v) is 10.5. The summed E-state index contributed by atoms with van der Waals surface area (Å²) in [7, 11) is 0. The first-order chi connectivity index (χ1) is 14.8. The molecule has 1 amide bonds. The maximum Gasteiger partial charge on any atom is 0.244 e. The predicted octanol–water partition coefficient (Wildman–Crippen LogP) is 4.05. The number of fused-ring (bicyclic) bond motifs is 1. The zero-order valence-corrected chi connectivity index (χ0v) is 18.3. The van der Waals surface area contributed by atoms with E-state index in [0.29, 0.717) is 18.5 Å². The van der Waals surface area contributed by atoms with Gasteiger partial charge in [-0.25, -0.2) is 0 Å². The number of ether oxygens (including phenoxy) is 1. The third-order valence-electron chi connectivity index (χ3n) is 5.71. The molecule has 6 heteroatoms. The van der Waals surface area contributed by atoms with E-state index in [1.807, 2.05) is 63.2 Å². The van der Waals surface area contributed by atoms with Crippen molar-refractivity contribution in [2.75, 3.05) is 6.54 Å². The van der Waals surface area contributed by atoms with Crippen LogP contribution in [0.4, 0.5) is 0 Å². The molecule has 0 saturated carbocycles. The molecule has 31 heavy (non-hydrogen) atoms. The lowest BCUT2D eigenvalue weighted by molar-refractivity contribution is -0.124. The van der Waals surface area contributed by atoms with E-state index < -0.39 is 0 Å². The Kier molecular flexibility index (Phi) is 5.63. The van der Waals surface area contributed by atoms with Crippen LogP contribution < -0.4 is 10.1 Å².